The Bertz CT molecular complexity index is 945. The average Bonchev–Trinajstić information content (AvgIpc) is 2.93. The van der Waals surface area contributed by atoms with E-state index in [4.69, 9.17) is 16.0 Å². The first kappa shape index (κ1) is 17.3. The van der Waals surface area contributed by atoms with E-state index in [2.05, 4.69) is 0 Å². The van der Waals surface area contributed by atoms with Crippen LogP contribution in [0.1, 0.15) is 18.9 Å². The molecule has 0 unspecified atom stereocenters. The summed E-state index contributed by atoms with van der Waals surface area (Å²) in [6, 6.07) is 14.7. The third-order valence-corrected chi connectivity index (χ3v) is 4.35. The van der Waals surface area contributed by atoms with Crippen molar-refractivity contribution in [2.75, 3.05) is 6.54 Å². The highest BCUT2D eigenvalue weighted by Gasteiger charge is 2.15. The topological polar surface area (TPSA) is 55.5 Å². The number of rotatable bonds is 6. The summed E-state index contributed by atoms with van der Waals surface area (Å²) in [6.45, 7) is 3.31. The lowest BCUT2D eigenvalue weighted by molar-refractivity contribution is -0.131. The number of nitrogens with zero attached hydrogens (tertiary/aromatic N) is 2. The lowest BCUT2D eigenvalue weighted by Gasteiger charge is -2.21. The molecule has 25 heavy (non-hydrogen) atoms. The van der Waals surface area contributed by atoms with Crippen LogP contribution in [0.2, 0.25) is 5.02 Å². The van der Waals surface area contributed by atoms with E-state index in [0.29, 0.717) is 35.8 Å². The molecule has 1 amide bonds. The summed E-state index contributed by atoms with van der Waals surface area (Å²) in [5.74, 6) is -0.452. The maximum Gasteiger partial charge on any atom is 0.419 e. The lowest BCUT2D eigenvalue weighted by atomic mass is 10.2. The fourth-order valence-corrected chi connectivity index (χ4v) is 3.04. The van der Waals surface area contributed by atoms with E-state index in [0.717, 1.165) is 5.56 Å². The predicted molar refractivity (Wildman–Crippen MR) is 97.6 cm³/mol. The van der Waals surface area contributed by atoms with Crippen molar-refractivity contribution in [3.63, 3.8) is 0 Å². The zero-order chi connectivity index (χ0) is 17.8. The number of benzene rings is 2. The first-order valence-electron chi connectivity index (χ1n) is 8.19. The van der Waals surface area contributed by atoms with Gasteiger partial charge in [-0.3, -0.25) is 9.36 Å². The van der Waals surface area contributed by atoms with Crippen molar-refractivity contribution in [2.24, 2.45) is 0 Å². The van der Waals surface area contributed by atoms with Crippen LogP contribution in [0.15, 0.2) is 57.7 Å². The van der Waals surface area contributed by atoms with E-state index < -0.39 is 5.76 Å². The Kier molecular flexibility index (Phi) is 5.24. The molecular formula is C19H19ClN2O3. The number of aromatic nitrogens is 1. The third kappa shape index (κ3) is 3.94. The summed E-state index contributed by atoms with van der Waals surface area (Å²) in [6.07, 6.45) is 0.234. The van der Waals surface area contributed by atoms with Crippen molar-refractivity contribution in [2.45, 2.75) is 26.4 Å². The summed E-state index contributed by atoms with van der Waals surface area (Å²) in [5.41, 5.74) is 2.22. The van der Waals surface area contributed by atoms with Crippen LogP contribution in [0, 0.1) is 0 Å². The monoisotopic (exact) mass is 358 g/mol. The molecule has 0 spiro atoms. The van der Waals surface area contributed by atoms with Gasteiger partial charge in [-0.1, -0.05) is 35.9 Å². The van der Waals surface area contributed by atoms with Gasteiger partial charge in [0.25, 0.3) is 0 Å². The van der Waals surface area contributed by atoms with Crippen LogP contribution in [-0.2, 0) is 17.9 Å². The smallest absolute Gasteiger partial charge is 0.408 e. The molecule has 1 heterocycles. The number of amides is 1. The molecule has 0 aliphatic rings. The SMILES string of the molecule is CCN(Cc1cccc(Cl)c1)C(=O)CCn1c(=O)oc2ccccc21. The van der Waals surface area contributed by atoms with Crippen molar-refractivity contribution in [1.29, 1.82) is 0 Å². The number of para-hydroxylation sites is 2. The van der Waals surface area contributed by atoms with Crippen molar-refractivity contribution in [1.82, 2.24) is 9.47 Å². The molecule has 0 aliphatic heterocycles. The van der Waals surface area contributed by atoms with Crippen molar-refractivity contribution >= 4 is 28.6 Å². The number of halogens is 1. The van der Waals surface area contributed by atoms with Crippen LogP contribution in [0.4, 0.5) is 0 Å². The van der Waals surface area contributed by atoms with E-state index in [-0.39, 0.29) is 12.3 Å². The van der Waals surface area contributed by atoms with Gasteiger partial charge < -0.3 is 9.32 Å². The van der Waals surface area contributed by atoms with E-state index in [9.17, 15) is 9.59 Å². The summed E-state index contributed by atoms with van der Waals surface area (Å²) in [4.78, 5) is 26.3. The van der Waals surface area contributed by atoms with Gasteiger partial charge in [-0.15, -0.1) is 0 Å². The highest BCUT2D eigenvalue weighted by atomic mass is 35.5. The summed E-state index contributed by atoms with van der Waals surface area (Å²) in [5, 5.41) is 0.650. The zero-order valence-electron chi connectivity index (χ0n) is 13.9. The van der Waals surface area contributed by atoms with Gasteiger partial charge in [0.05, 0.1) is 5.52 Å². The first-order valence-corrected chi connectivity index (χ1v) is 8.57. The number of fused-ring (bicyclic) bond motifs is 1. The van der Waals surface area contributed by atoms with E-state index in [1.54, 1.807) is 17.0 Å². The minimum Gasteiger partial charge on any atom is -0.408 e. The van der Waals surface area contributed by atoms with Crippen LogP contribution in [0.3, 0.4) is 0 Å². The second kappa shape index (κ2) is 7.57. The number of carbonyl (C=O) groups excluding carboxylic acids is 1. The van der Waals surface area contributed by atoms with Crippen LogP contribution in [-0.4, -0.2) is 21.9 Å². The fourth-order valence-electron chi connectivity index (χ4n) is 2.82. The minimum absolute atomic E-state index is 0.0142. The molecule has 0 fully saturated rings. The largest absolute Gasteiger partial charge is 0.419 e. The molecule has 0 aliphatic carbocycles. The van der Waals surface area contributed by atoms with Gasteiger partial charge in [0.2, 0.25) is 5.91 Å². The maximum atomic E-state index is 12.6. The standard InChI is InChI=1S/C19H19ClN2O3/c1-2-21(13-14-6-5-7-15(20)12-14)18(23)10-11-22-16-8-3-4-9-17(16)25-19(22)24/h3-9,12H,2,10-11,13H2,1H3. The molecule has 0 saturated carbocycles. The Labute approximate surface area is 150 Å². The molecule has 3 aromatic rings. The molecule has 0 bridgehead atoms. The number of oxazole rings is 1. The summed E-state index contributed by atoms with van der Waals surface area (Å²) < 4.78 is 6.70. The minimum atomic E-state index is -0.438. The second-order valence-corrected chi connectivity index (χ2v) is 6.21. The average molecular weight is 359 g/mol. The molecule has 0 saturated heterocycles. The fraction of sp³-hybridized carbons (Fsp3) is 0.263. The first-order chi connectivity index (χ1) is 12.1. The highest BCUT2D eigenvalue weighted by molar-refractivity contribution is 6.30. The van der Waals surface area contributed by atoms with Crippen LogP contribution in [0.25, 0.3) is 11.1 Å². The van der Waals surface area contributed by atoms with Crippen LogP contribution in [0.5, 0.6) is 0 Å². The van der Waals surface area contributed by atoms with Gasteiger partial charge in [-0.2, -0.15) is 0 Å². The molecule has 5 nitrogen and oxygen atoms in total. The quantitative estimate of drug-likeness (QED) is 0.675. The molecule has 1 aromatic heterocycles. The van der Waals surface area contributed by atoms with E-state index in [1.807, 2.05) is 43.3 Å². The Hall–Kier alpha value is -2.53. The van der Waals surface area contributed by atoms with E-state index >= 15 is 0 Å². The summed E-state index contributed by atoms with van der Waals surface area (Å²) >= 11 is 6.00. The molecule has 2 aromatic carbocycles. The normalized spacial score (nSPS) is 11.0. The van der Waals surface area contributed by atoms with Gasteiger partial charge in [0.15, 0.2) is 5.58 Å². The molecule has 3 rings (SSSR count). The number of carbonyl (C=O) groups is 1. The predicted octanol–water partition coefficient (Wildman–Crippen LogP) is 3.69. The molecular weight excluding hydrogens is 340 g/mol. The second-order valence-electron chi connectivity index (χ2n) is 5.78. The number of aryl methyl sites for hydroxylation is 1. The Morgan fingerprint density at radius 1 is 1.20 bits per heavy atom. The zero-order valence-corrected chi connectivity index (χ0v) is 14.7. The molecule has 6 heteroatoms. The van der Waals surface area contributed by atoms with Gasteiger partial charge >= 0.3 is 5.76 Å². The van der Waals surface area contributed by atoms with Crippen LogP contribution >= 0.6 is 11.6 Å². The Morgan fingerprint density at radius 2 is 2.00 bits per heavy atom. The lowest BCUT2D eigenvalue weighted by Crippen LogP contribution is -2.31. The van der Waals surface area contributed by atoms with Crippen molar-refractivity contribution < 1.29 is 9.21 Å². The Morgan fingerprint density at radius 3 is 2.76 bits per heavy atom. The molecule has 0 radical (unpaired) electrons. The highest BCUT2D eigenvalue weighted by Crippen LogP contribution is 2.15. The van der Waals surface area contributed by atoms with Gasteiger partial charge in [-0.25, -0.2) is 4.79 Å². The van der Waals surface area contributed by atoms with Gasteiger partial charge in [-0.05, 0) is 36.8 Å². The van der Waals surface area contributed by atoms with Crippen molar-refractivity contribution in [3.8, 4) is 0 Å². The Balaban J connectivity index is 1.70. The molecule has 0 N–H and O–H groups in total. The third-order valence-electron chi connectivity index (χ3n) is 4.12. The summed E-state index contributed by atoms with van der Waals surface area (Å²) in [7, 11) is 0. The van der Waals surface area contributed by atoms with Crippen LogP contribution < -0.4 is 5.76 Å². The number of hydrogen-bond acceptors (Lipinski definition) is 3. The molecule has 0 atom stereocenters. The molecule has 130 valence electrons. The van der Waals surface area contributed by atoms with E-state index in [1.165, 1.54) is 4.57 Å². The van der Waals surface area contributed by atoms with Gasteiger partial charge in [0, 0.05) is 31.1 Å². The van der Waals surface area contributed by atoms with Gasteiger partial charge in [0.1, 0.15) is 0 Å². The maximum absolute atomic E-state index is 12.6. The van der Waals surface area contributed by atoms with Crippen molar-refractivity contribution in [3.05, 3.63) is 69.7 Å². The number of hydrogen-bond donors (Lipinski definition) is 0.